The van der Waals surface area contributed by atoms with Crippen LogP contribution in [0.2, 0.25) is 0 Å². The number of aryl methyl sites for hydroxylation is 1. The third kappa shape index (κ3) is 5.07. The number of hydrogen-bond donors (Lipinski definition) is 1. The zero-order valence-corrected chi connectivity index (χ0v) is 21.2. The number of carboxylic acid groups (broad SMARTS) is 1. The van der Waals surface area contributed by atoms with Gasteiger partial charge in [0.2, 0.25) is 5.89 Å². The highest BCUT2D eigenvalue weighted by Crippen LogP contribution is 2.37. The van der Waals surface area contributed by atoms with Gasteiger partial charge in [-0.2, -0.15) is 13.2 Å². The van der Waals surface area contributed by atoms with Crippen molar-refractivity contribution in [3.05, 3.63) is 95.4 Å². The first-order valence-corrected chi connectivity index (χ1v) is 13.1. The molecule has 12 heteroatoms. The quantitative estimate of drug-likeness (QED) is 0.321. The number of para-hydroxylation sites is 1. The average Bonchev–Trinajstić information content (AvgIpc) is 3.48. The topological polar surface area (TPSA) is 110 Å². The van der Waals surface area contributed by atoms with Crippen LogP contribution < -0.4 is 9.04 Å². The van der Waals surface area contributed by atoms with Crippen molar-refractivity contribution in [3.8, 4) is 17.2 Å². The highest BCUT2D eigenvalue weighted by Gasteiger charge is 2.42. The first kappa shape index (κ1) is 26.3. The summed E-state index contributed by atoms with van der Waals surface area (Å²) in [5, 5.41) is 9.64. The molecule has 0 aliphatic carbocycles. The molecular formula is C27H21F3N2O6S. The molecule has 1 aliphatic rings. The number of nitrogens with zero attached hydrogens (tertiary/aromatic N) is 2. The number of sulfonamides is 1. The number of carboxylic acids is 1. The lowest BCUT2D eigenvalue weighted by Gasteiger charge is -2.24. The van der Waals surface area contributed by atoms with E-state index in [1.165, 1.54) is 36.4 Å². The lowest BCUT2D eigenvalue weighted by atomic mass is 10.1. The number of rotatable bonds is 7. The van der Waals surface area contributed by atoms with Crippen molar-refractivity contribution in [2.24, 2.45) is 0 Å². The number of halogens is 3. The maximum atomic E-state index is 13.4. The van der Waals surface area contributed by atoms with Crippen LogP contribution in [0.1, 0.15) is 22.6 Å². The van der Waals surface area contributed by atoms with Crippen LogP contribution in [0.15, 0.2) is 82.1 Å². The summed E-state index contributed by atoms with van der Waals surface area (Å²) in [6.45, 7) is 1.60. The number of carbonyl (C=O) groups is 1. The van der Waals surface area contributed by atoms with Gasteiger partial charge >= 0.3 is 12.1 Å². The maximum absolute atomic E-state index is 13.4. The number of anilines is 1. The number of aromatic nitrogens is 1. The van der Waals surface area contributed by atoms with E-state index >= 15 is 0 Å². The molecule has 2 heterocycles. The van der Waals surface area contributed by atoms with Crippen LogP contribution in [0.5, 0.6) is 5.75 Å². The molecule has 5 rings (SSSR count). The standard InChI is InChI=1S/C27H21F3N2O6S/c1-16-22(31-25(38-16)17-6-8-19(9-7-17)27(28,29)30)15-37-20-10-12-21(13-11-20)39(35,36)32-23-5-3-2-4-18(23)14-24(32)26(33)34/h2-13,24H,14-15H2,1H3,(H,33,34). The fraction of sp³-hybridized carbons (Fsp3) is 0.185. The summed E-state index contributed by atoms with van der Waals surface area (Å²) in [5.74, 6) is -0.367. The normalized spacial score (nSPS) is 15.3. The Kier molecular flexibility index (Phi) is 6.59. The van der Waals surface area contributed by atoms with Gasteiger partial charge in [0, 0.05) is 12.0 Å². The van der Waals surface area contributed by atoms with Crippen LogP contribution in [0, 0.1) is 6.92 Å². The molecule has 39 heavy (non-hydrogen) atoms. The van der Waals surface area contributed by atoms with Gasteiger partial charge in [0.15, 0.2) is 0 Å². The number of ether oxygens (including phenoxy) is 1. The Hall–Kier alpha value is -4.32. The van der Waals surface area contributed by atoms with Gasteiger partial charge in [-0.05, 0) is 67.1 Å². The van der Waals surface area contributed by atoms with Gasteiger partial charge in [-0.1, -0.05) is 18.2 Å². The van der Waals surface area contributed by atoms with Gasteiger partial charge in [-0.15, -0.1) is 0 Å². The van der Waals surface area contributed by atoms with Gasteiger partial charge in [0.25, 0.3) is 10.0 Å². The summed E-state index contributed by atoms with van der Waals surface area (Å²) in [5.41, 5.74) is 0.966. The minimum atomic E-state index is -4.45. The van der Waals surface area contributed by atoms with Crippen LogP contribution in [0.25, 0.3) is 11.5 Å². The van der Waals surface area contributed by atoms with Crippen LogP contribution in [0.4, 0.5) is 18.9 Å². The second kappa shape index (κ2) is 9.77. The fourth-order valence-electron chi connectivity index (χ4n) is 4.30. The number of hydrogen-bond acceptors (Lipinski definition) is 6. The smallest absolute Gasteiger partial charge is 0.416 e. The van der Waals surface area contributed by atoms with Crippen molar-refractivity contribution in [1.82, 2.24) is 4.98 Å². The van der Waals surface area contributed by atoms with Gasteiger partial charge in [-0.25, -0.2) is 18.2 Å². The second-order valence-electron chi connectivity index (χ2n) is 8.84. The molecule has 0 bridgehead atoms. The van der Waals surface area contributed by atoms with Crippen LogP contribution >= 0.6 is 0 Å². The Morgan fingerprint density at radius 3 is 2.38 bits per heavy atom. The molecule has 3 aromatic carbocycles. The molecule has 0 saturated carbocycles. The summed E-state index contributed by atoms with van der Waals surface area (Å²) in [7, 11) is -4.18. The van der Waals surface area contributed by atoms with Crippen molar-refractivity contribution in [1.29, 1.82) is 0 Å². The maximum Gasteiger partial charge on any atom is 0.416 e. The molecule has 8 nitrogen and oxygen atoms in total. The molecule has 1 atom stereocenters. The first-order chi connectivity index (χ1) is 18.4. The van der Waals surface area contributed by atoms with Crippen molar-refractivity contribution in [2.75, 3.05) is 4.31 Å². The number of alkyl halides is 3. The number of benzene rings is 3. The molecule has 1 unspecified atom stereocenters. The van der Waals surface area contributed by atoms with E-state index in [1.807, 2.05) is 0 Å². The van der Waals surface area contributed by atoms with E-state index < -0.39 is 33.8 Å². The SMILES string of the molecule is Cc1oc(-c2ccc(C(F)(F)F)cc2)nc1COc1ccc(S(=O)(=O)N2c3ccccc3CC2C(=O)O)cc1. The van der Waals surface area contributed by atoms with Crippen molar-refractivity contribution >= 4 is 21.7 Å². The number of oxazole rings is 1. The zero-order valence-electron chi connectivity index (χ0n) is 20.3. The Morgan fingerprint density at radius 2 is 1.74 bits per heavy atom. The summed E-state index contributed by atoms with van der Waals surface area (Å²) >= 11 is 0. The predicted molar refractivity (Wildman–Crippen MR) is 134 cm³/mol. The monoisotopic (exact) mass is 558 g/mol. The molecule has 1 N–H and O–H groups in total. The molecule has 4 aromatic rings. The zero-order chi connectivity index (χ0) is 27.9. The van der Waals surface area contributed by atoms with E-state index in [0.717, 1.165) is 16.4 Å². The summed E-state index contributed by atoms with van der Waals surface area (Å²) in [6, 6.07) is 15.4. The van der Waals surface area contributed by atoms with Gasteiger partial charge < -0.3 is 14.3 Å². The predicted octanol–water partition coefficient (Wildman–Crippen LogP) is 5.45. The fourth-order valence-corrected chi connectivity index (χ4v) is 5.95. The van der Waals surface area contributed by atoms with Crippen LogP contribution in [-0.4, -0.2) is 30.5 Å². The molecule has 1 aromatic heterocycles. The average molecular weight is 559 g/mol. The summed E-state index contributed by atoms with van der Waals surface area (Å²) in [6.07, 6.45) is -4.38. The summed E-state index contributed by atoms with van der Waals surface area (Å²) in [4.78, 5) is 16.0. The van der Waals surface area contributed by atoms with E-state index in [-0.39, 0.29) is 23.8 Å². The minimum absolute atomic E-state index is 0.0390. The van der Waals surface area contributed by atoms with Crippen LogP contribution in [0.3, 0.4) is 0 Å². The molecule has 0 fully saturated rings. The highest BCUT2D eigenvalue weighted by molar-refractivity contribution is 7.93. The molecule has 0 spiro atoms. The van der Waals surface area contributed by atoms with Gasteiger partial charge in [-0.3, -0.25) is 4.31 Å². The van der Waals surface area contributed by atoms with E-state index in [9.17, 15) is 31.5 Å². The number of aliphatic carboxylic acids is 1. The third-order valence-electron chi connectivity index (χ3n) is 6.32. The van der Waals surface area contributed by atoms with E-state index in [2.05, 4.69) is 4.98 Å². The Bertz CT molecular complexity index is 1630. The van der Waals surface area contributed by atoms with E-state index in [0.29, 0.717) is 34.0 Å². The Morgan fingerprint density at radius 1 is 1.08 bits per heavy atom. The lowest BCUT2D eigenvalue weighted by Crippen LogP contribution is -2.42. The highest BCUT2D eigenvalue weighted by atomic mass is 32.2. The molecule has 0 radical (unpaired) electrons. The largest absolute Gasteiger partial charge is 0.487 e. The van der Waals surface area contributed by atoms with Gasteiger partial charge in [0.05, 0.1) is 16.1 Å². The van der Waals surface area contributed by atoms with Crippen molar-refractivity contribution in [2.45, 2.75) is 37.1 Å². The molecule has 202 valence electrons. The molecule has 0 amide bonds. The number of fused-ring (bicyclic) bond motifs is 1. The molecular weight excluding hydrogens is 537 g/mol. The van der Waals surface area contributed by atoms with Gasteiger partial charge in [0.1, 0.15) is 29.9 Å². The molecule has 1 aliphatic heterocycles. The van der Waals surface area contributed by atoms with E-state index in [4.69, 9.17) is 9.15 Å². The third-order valence-corrected chi connectivity index (χ3v) is 8.16. The minimum Gasteiger partial charge on any atom is -0.487 e. The lowest BCUT2D eigenvalue weighted by molar-refractivity contribution is -0.138. The van der Waals surface area contributed by atoms with Crippen molar-refractivity contribution in [3.63, 3.8) is 0 Å². The van der Waals surface area contributed by atoms with Crippen molar-refractivity contribution < 1.29 is 40.6 Å². The Labute approximate surface area is 221 Å². The van der Waals surface area contributed by atoms with E-state index in [1.54, 1.807) is 31.2 Å². The first-order valence-electron chi connectivity index (χ1n) is 11.7. The second-order valence-corrected chi connectivity index (χ2v) is 10.7. The molecule has 0 saturated heterocycles. The Balaban J connectivity index is 1.30. The van der Waals surface area contributed by atoms with Crippen LogP contribution in [-0.2, 0) is 34.0 Å². The summed E-state index contributed by atoms with van der Waals surface area (Å²) < 4.78 is 77.5.